The molecule has 1 aliphatic carbocycles. The van der Waals surface area contributed by atoms with Gasteiger partial charge in [-0.2, -0.15) is 0 Å². The number of hydrogen-bond donors (Lipinski definition) is 1. The highest BCUT2D eigenvalue weighted by molar-refractivity contribution is 5.97. The van der Waals surface area contributed by atoms with Gasteiger partial charge in [0.15, 0.2) is 0 Å². The van der Waals surface area contributed by atoms with Gasteiger partial charge in [-0.1, -0.05) is 19.3 Å². The van der Waals surface area contributed by atoms with Crippen molar-refractivity contribution in [2.45, 2.75) is 37.6 Å². The maximum atomic E-state index is 11.8. The Morgan fingerprint density at radius 3 is 2.50 bits per heavy atom. The summed E-state index contributed by atoms with van der Waals surface area (Å²) in [5.74, 6) is 0.0748. The topological polar surface area (TPSA) is 49.4 Å². The number of piperazine rings is 1. The largest absolute Gasteiger partial charge is 0.345 e. The fourth-order valence-corrected chi connectivity index (χ4v) is 2.53. The van der Waals surface area contributed by atoms with Crippen LogP contribution in [0.15, 0.2) is 0 Å². The van der Waals surface area contributed by atoms with Crippen LogP contribution in [0.1, 0.15) is 32.1 Å². The molecule has 1 aliphatic heterocycles. The fraction of sp³-hybridized carbons (Fsp3) is 0.800. The molecule has 2 fully saturated rings. The Morgan fingerprint density at radius 2 is 1.86 bits per heavy atom. The number of nitrogens with one attached hydrogen (secondary N) is 1. The molecule has 0 atom stereocenters. The van der Waals surface area contributed by atoms with Gasteiger partial charge < -0.3 is 10.2 Å². The van der Waals surface area contributed by atoms with Crippen molar-refractivity contribution in [3.8, 4) is 0 Å². The smallest absolute Gasteiger partial charge is 0.246 e. The van der Waals surface area contributed by atoms with Crippen molar-refractivity contribution in [1.29, 1.82) is 0 Å². The van der Waals surface area contributed by atoms with E-state index in [1.54, 1.807) is 11.9 Å². The zero-order valence-corrected chi connectivity index (χ0v) is 8.51. The maximum absolute atomic E-state index is 11.8. The number of rotatable bonds is 0. The van der Waals surface area contributed by atoms with Crippen molar-refractivity contribution < 1.29 is 9.59 Å². The van der Waals surface area contributed by atoms with Crippen LogP contribution < -0.4 is 5.32 Å². The van der Waals surface area contributed by atoms with Gasteiger partial charge in [-0.25, -0.2) is 0 Å². The normalized spacial score (nSPS) is 26.5. The second kappa shape index (κ2) is 3.26. The van der Waals surface area contributed by atoms with E-state index >= 15 is 0 Å². The monoisotopic (exact) mass is 196 g/mol. The number of hydrogen-bond acceptors (Lipinski definition) is 2. The molecular weight excluding hydrogens is 180 g/mol. The third-order valence-electron chi connectivity index (χ3n) is 3.52. The lowest BCUT2D eigenvalue weighted by molar-refractivity contribution is -0.153. The van der Waals surface area contributed by atoms with Crippen molar-refractivity contribution in [1.82, 2.24) is 10.2 Å². The molecule has 1 saturated heterocycles. The van der Waals surface area contributed by atoms with Crippen molar-refractivity contribution in [2.75, 3.05) is 13.6 Å². The molecule has 2 aliphatic rings. The second-order valence-electron chi connectivity index (χ2n) is 4.23. The van der Waals surface area contributed by atoms with Gasteiger partial charge in [-0.3, -0.25) is 9.59 Å². The molecule has 0 radical (unpaired) electrons. The van der Waals surface area contributed by atoms with Crippen LogP contribution in [-0.2, 0) is 9.59 Å². The molecule has 2 amide bonds. The molecule has 0 unspecified atom stereocenters. The molecule has 1 saturated carbocycles. The summed E-state index contributed by atoms with van der Waals surface area (Å²) in [6, 6.07) is 0. The number of nitrogens with zero attached hydrogens (tertiary/aromatic N) is 1. The van der Waals surface area contributed by atoms with Crippen LogP contribution in [-0.4, -0.2) is 35.8 Å². The van der Waals surface area contributed by atoms with Gasteiger partial charge in [-0.15, -0.1) is 0 Å². The first-order valence-electron chi connectivity index (χ1n) is 5.22. The Morgan fingerprint density at radius 1 is 1.21 bits per heavy atom. The van der Waals surface area contributed by atoms with Gasteiger partial charge in [0.2, 0.25) is 11.8 Å². The van der Waals surface area contributed by atoms with E-state index in [1.165, 1.54) is 6.42 Å². The standard InChI is InChI=1S/C10H16N2O2/c1-12-8(13)7-11-9(14)10(12)5-3-2-4-6-10/h2-7H2,1H3,(H,11,14). The van der Waals surface area contributed by atoms with Gasteiger partial charge in [0, 0.05) is 7.05 Å². The minimum atomic E-state index is -0.520. The highest BCUT2D eigenvalue weighted by Gasteiger charge is 2.47. The van der Waals surface area contributed by atoms with Crippen molar-refractivity contribution >= 4 is 11.8 Å². The quantitative estimate of drug-likeness (QED) is 0.605. The van der Waals surface area contributed by atoms with Crippen molar-refractivity contribution in [2.24, 2.45) is 0 Å². The van der Waals surface area contributed by atoms with E-state index in [1.807, 2.05) is 0 Å². The van der Waals surface area contributed by atoms with E-state index in [9.17, 15) is 9.59 Å². The summed E-state index contributed by atoms with van der Waals surface area (Å²) < 4.78 is 0. The SMILES string of the molecule is CN1C(=O)CNC(=O)C12CCCCC2. The van der Waals surface area contributed by atoms with E-state index in [-0.39, 0.29) is 18.4 Å². The minimum absolute atomic E-state index is 0.0338. The summed E-state index contributed by atoms with van der Waals surface area (Å²) in [5.41, 5.74) is -0.520. The van der Waals surface area contributed by atoms with Crippen molar-refractivity contribution in [3.05, 3.63) is 0 Å². The number of carbonyl (C=O) groups excluding carboxylic acids is 2. The van der Waals surface area contributed by atoms with Crippen LogP contribution in [0.2, 0.25) is 0 Å². The Labute approximate surface area is 83.6 Å². The average Bonchev–Trinajstić information content (AvgIpc) is 2.23. The van der Waals surface area contributed by atoms with Gasteiger partial charge >= 0.3 is 0 Å². The summed E-state index contributed by atoms with van der Waals surface area (Å²) in [6.07, 6.45) is 4.91. The van der Waals surface area contributed by atoms with Crippen LogP contribution in [0, 0.1) is 0 Å². The van der Waals surface area contributed by atoms with E-state index in [0.717, 1.165) is 25.7 Å². The Balaban J connectivity index is 2.27. The van der Waals surface area contributed by atoms with Gasteiger partial charge in [-0.05, 0) is 12.8 Å². The first kappa shape index (κ1) is 9.49. The van der Waals surface area contributed by atoms with Gasteiger partial charge in [0.05, 0.1) is 6.54 Å². The summed E-state index contributed by atoms with van der Waals surface area (Å²) in [6.45, 7) is 0.164. The molecule has 1 heterocycles. The molecule has 14 heavy (non-hydrogen) atoms. The average molecular weight is 196 g/mol. The van der Waals surface area contributed by atoms with Crippen LogP contribution in [0.4, 0.5) is 0 Å². The van der Waals surface area contributed by atoms with Gasteiger partial charge in [0.1, 0.15) is 5.54 Å². The minimum Gasteiger partial charge on any atom is -0.345 e. The Hall–Kier alpha value is -1.06. The summed E-state index contributed by atoms with van der Waals surface area (Å²) >= 11 is 0. The first-order valence-corrected chi connectivity index (χ1v) is 5.22. The zero-order valence-electron chi connectivity index (χ0n) is 8.51. The molecule has 2 rings (SSSR count). The molecular formula is C10H16N2O2. The maximum Gasteiger partial charge on any atom is 0.246 e. The van der Waals surface area contributed by atoms with Crippen LogP contribution in [0.3, 0.4) is 0 Å². The molecule has 1 spiro atoms. The van der Waals surface area contributed by atoms with E-state index in [0.29, 0.717) is 0 Å². The Bertz CT molecular complexity index is 269. The number of carbonyl (C=O) groups is 2. The van der Waals surface area contributed by atoms with E-state index in [4.69, 9.17) is 0 Å². The predicted octanol–water partition coefficient (Wildman–Crippen LogP) is 0.277. The molecule has 0 aromatic rings. The lowest BCUT2D eigenvalue weighted by Gasteiger charge is -2.45. The molecule has 1 N–H and O–H groups in total. The predicted molar refractivity (Wildman–Crippen MR) is 51.6 cm³/mol. The summed E-state index contributed by atoms with van der Waals surface area (Å²) in [4.78, 5) is 25.0. The van der Waals surface area contributed by atoms with E-state index < -0.39 is 5.54 Å². The third-order valence-corrected chi connectivity index (χ3v) is 3.52. The molecule has 0 bridgehead atoms. The molecule has 4 nitrogen and oxygen atoms in total. The van der Waals surface area contributed by atoms with Crippen LogP contribution >= 0.6 is 0 Å². The van der Waals surface area contributed by atoms with E-state index in [2.05, 4.69) is 5.32 Å². The molecule has 0 aromatic heterocycles. The lowest BCUT2D eigenvalue weighted by atomic mass is 9.78. The summed E-state index contributed by atoms with van der Waals surface area (Å²) in [5, 5.41) is 2.69. The lowest BCUT2D eigenvalue weighted by Crippen LogP contribution is -2.66. The van der Waals surface area contributed by atoms with Crippen LogP contribution in [0.5, 0.6) is 0 Å². The fourth-order valence-electron chi connectivity index (χ4n) is 2.53. The van der Waals surface area contributed by atoms with Crippen molar-refractivity contribution in [3.63, 3.8) is 0 Å². The molecule has 78 valence electrons. The summed E-state index contributed by atoms with van der Waals surface area (Å²) in [7, 11) is 1.76. The number of amides is 2. The third kappa shape index (κ3) is 1.21. The number of likely N-dealkylation sites (N-methyl/N-ethyl adjacent to an activating group) is 1. The molecule has 0 aromatic carbocycles. The first-order chi connectivity index (χ1) is 6.67. The highest BCUT2D eigenvalue weighted by atomic mass is 16.2. The molecule has 4 heteroatoms. The highest BCUT2D eigenvalue weighted by Crippen LogP contribution is 2.34. The van der Waals surface area contributed by atoms with Crippen LogP contribution in [0.25, 0.3) is 0 Å². The Kier molecular flexibility index (Phi) is 2.21. The second-order valence-corrected chi connectivity index (χ2v) is 4.23. The zero-order chi connectivity index (χ0) is 10.2. The van der Waals surface area contributed by atoms with Gasteiger partial charge in [0.25, 0.3) is 0 Å².